The van der Waals surface area contributed by atoms with Crippen LogP contribution in [0.1, 0.15) is 21.6 Å². The molecule has 0 saturated heterocycles. The third-order valence-corrected chi connectivity index (χ3v) is 3.87. The Labute approximate surface area is 155 Å². The summed E-state index contributed by atoms with van der Waals surface area (Å²) in [4.78, 5) is 30.9. The Morgan fingerprint density at radius 3 is 2.33 bits per heavy atom. The zero-order chi connectivity index (χ0) is 19.4. The lowest BCUT2D eigenvalue weighted by molar-refractivity contribution is -0.385. The van der Waals surface area contributed by atoms with Crippen LogP contribution in [0.15, 0.2) is 54.9 Å². The second-order valence-electron chi connectivity index (χ2n) is 5.96. The predicted octanol–water partition coefficient (Wildman–Crippen LogP) is 4.00. The molecule has 0 fully saturated rings. The molecule has 0 aliphatic carbocycles. The van der Waals surface area contributed by atoms with Gasteiger partial charge in [0.2, 0.25) is 0 Å². The molecule has 0 spiro atoms. The molecular weight excluding hydrogens is 346 g/mol. The second-order valence-corrected chi connectivity index (χ2v) is 5.96. The Balaban J connectivity index is 1.68. The van der Waals surface area contributed by atoms with E-state index in [2.05, 4.69) is 20.6 Å². The first-order valence-corrected chi connectivity index (χ1v) is 8.14. The van der Waals surface area contributed by atoms with E-state index in [1.54, 1.807) is 19.1 Å². The van der Waals surface area contributed by atoms with E-state index in [0.29, 0.717) is 22.6 Å². The molecule has 0 atom stereocenters. The summed E-state index contributed by atoms with van der Waals surface area (Å²) >= 11 is 0. The van der Waals surface area contributed by atoms with Crippen LogP contribution in [-0.4, -0.2) is 20.8 Å². The van der Waals surface area contributed by atoms with Gasteiger partial charge in [0.25, 0.3) is 11.6 Å². The van der Waals surface area contributed by atoms with Crippen LogP contribution >= 0.6 is 0 Å². The summed E-state index contributed by atoms with van der Waals surface area (Å²) in [6, 6.07) is 13.2. The second kappa shape index (κ2) is 7.61. The molecule has 3 aromatic rings. The quantitative estimate of drug-likeness (QED) is 0.524. The number of nitro groups is 1. The summed E-state index contributed by atoms with van der Waals surface area (Å²) in [7, 11) is 0. The van der Waals surface area contributed by atoms with Gasteiger partial charge >= 0.3 is 0 Å². The number of nitro benzene ring substituents is 1. The maximum absolute atomic E-state index is 12.3. The van der Waals surface area contributed by atoms with Crippen LogP contribution in [0.2, 0.25) is 0 Å². The monoisotopic (exact) mass is 363 g/mol. The first-order chi connectivity index (χ1) is 12.9. The summed E-state index contributed by atoms with van der Waals surface area (Å²) in [5.41, 5.74) is 3.07. The summed E-state index contributed by atoms with van der Waals surface area (Å²) < 4.78 is 0. The Bertz CT molecular complexity index is 1000. The standard InChI is InChI=1S/C19H17N5O3/c1-12-9-14(3-8-17(12)24(26)27)19(25)23-16-6-4-15(5-7-16)22-18-10-13(2)20-11-21-18/h3-11H,1-2H3,(H,23,25)(H,20,21,22). The Morgan fingerprint density at radius 1 is 1.00 bits per heavy atom. The van der Waals surface area contributed by atoms with Crippen LogP contribution in [0, 0.1) is 24.0 Å². The number of hydrogen-bond acceptors (Lipinski definition) is 6. The van der Waals surface area contributed by atoms with Crippen molar-refractivity contribution in [1.29, 1.82) is 0 Å². The van der Waals surface area contributed by atoms with Crippen LogP contribution < -0.4 is 10.6 Å². The fourth-order valence-electron chi connectivity index (χ4n) is 2.51. The van der Waals surface area contributed by atoms with E-state index < -0.39 is 4.92 Å². The Kier molecular flexibility index (Phi) is 5.07. The number of carbonyl (C=O) groups excluding carboxylic acids is 1. The Hall–Kier alpha value is -3.81. The lowest BCUT2D eigenvalue weighted by atomic mass is 10.1. The van der Waals surface area contributed by atoms with Crippen molar-refractivity contribution in [2.75, 3.05) is 10.6 Å². The average molecular weight is 363 g/mol. The molecule has 0 aliphatic rings. The van der Waals surface area contributed by atoms with Gasteiger partial charge in [-0.25, -0.2) is 9.97 Å². The normalized spacial score (nSPS) is 10.3. The molecule has 1 heterocycles. The number of aromatic nitrogens is 2. The van der Waals surface area contributed by atoms with Crippen molar-refractivity contribution >= 4 is 28.8 Å². The summed E-state index contributed by atoms with van der Waals surface area (Å²) in [5.74, 6) is 0.348. The van der Waals surface area contributed by atoms with E-state index in [1.165, 1.54) is 24.5 Å². The zero-order valence-corrected chi connectivity index (χ0v) is 14.8. The van der Waals surface area contributed by atoms with Crippen molar-refractivity contribution in [3.05, 3.63) is 81.8 Å². The lowest BCUT2D eigenvalue weighted by Crippen LogP contribution is -2.12. The van der Waals surface area contributed by atoms with Crippen LogP contribution in [0.25, 0.3) is 0 Å². The van der Waals surface area contributed by atoms with Gasteiger partial charge in [0.1, 0.15) is 12.1 Å². The molecule has 0 aliphatic heterocycles. The highest BCUT2D eigenvalue weighted by Crippen LogP contribution is 2.21. The summed E-state index contributed by atoms with van der Waals surface area (Å²) in [5, 5.41) is 16.8. The number of nitrogens with zero attached hydrogens (tertiary/aromatic N) is 3. The molecule has 1 aromatic heterocycles. The smallest absolute Gasteiger partial charge is 0.272 e. The molecule has 0 saturated carbocycles. The first-order valence-electron chi connectivity index (χ1n) is 8.14. The molecular formula is C19H17N5O3. The predicted molar refractivity (Wildman–Crippen MR) is 102 cm³/mol. The fraction of sp³-hybridized carbons (Fsp3) is 0.105. The van der Waals surface area contributed by atoms with Gasteiger partial charge in [-0.1, -0.05) is 0 Å². The van der Waals surface area contributed by atoms with Gasteiger partial charge < -0.3 is 10.6 Å². The van der Waals surface area contributed by atoms with E-state index in [0.717, 1.165) is 11.4 Å². The molecule has 2 N–H and O–H groups in total. The molecule has 8 heteroatoms. The van der Waals surface area contributed by atoms with Gasteiger partial charge in [-0.15, -0.1) is 0 Å². The van der Waals surface area contributed by atoms with Crippen molar-refractivity contribution < 1.29 is 9.72 Å². The number of hydrogen-bond donors (Lipinski definition) is 2. The third-order valence-electron chi connectivity index (χ3n) is 3.87. The highest BCUT2D eigenvalue weighted by molar-refractivity contribution is 6.04. The number of rotatable bonds is 5. The molecule has 3 rings (SSSR count). The lowest BCUT2D eigenvalue weighted by Gasteiger charge is -2.09. The third kappa shape index (κ3) is 4.43. The highest BCUT2D eigenvalue weighted by Gasteiger charge is 2.14. The van der Waals surface area contributed by atoms with Crippen molar-refractivity contribution in [3.8, 4) is 0 Å². The van der Waals surface area contributed by atoms with Gasteiger partial charge in [0.15, 0.2) is 0 Å². The SMILES string of the molecule is Cc1cc(Nc2ccc(NC(=O)c3ccc([N+](=O)[O-])c(C)c3)cc2)ncn1. The number of aryl methyl sites for hydroxylation is 2. The molecule has 136 valence electrons. The maximum Gasteiger partial charge on any atom is 0.272 e. The number of carbonyl (C=O) groups is 1. The van der Waals surface area contributed by atoms with Gasteiger partial charge in [0, 0.05) is 40.3 Å². The molecule has 2 aromatic carbocycles. The molecule has 8 nitrogen and oxygen atoms in total. The molecule has 27 heavy (non-hydrogen) atoms. The molecule has 0 radical (unpaired) electrons. The van der Waals surface area contributed by atoms with Crippen LogP contribution in [0.3, 0.4) is 0 Å². The fourth-order valence-corrected chi connectivity index (χ4v) is 2.51. The van der Waals surface area contributed by atoms with Crippen LogP contribution in [0.4, 0.5) is 22.9 Å². The summed E-state index contributed by atoms with van der Waals surface area (Å²) in [6.45, 7) is 3.48. The van der Waals surface area contributed by atoms with Crippen molar-refractivity contribution in [2.45, 2.75) is 13.8 Å². The first kappa shape index (κ1) is 18.0. The minimum absolute atomic E-state index is 0.0121. The van der Waals surface area contributed by atoms with Crippen molar-refractivity contribution in [1.82, 2.24) is 9.97 Å². The minimum Gasteiger partial charge on any atom is -0.340 e. The summed E-state index contributed by atoms with van der Waals surface area (Å²) in [6.07, 6.45) is 1.48. The molecule has 0 unspecified atom stereocenters. The van der Waals surface area contributed by atoms with E-state index in [-0.39, 0.29) is 11.6 Å². The number of anilines is 3. The van der Waals surface area contributed by atoms with E-state index in [1.807, 2.05) is 25.1 Å². The topological polar surface area (TPSA) is 110 Å². The minimum atomic E-state index is -0.470. The van der Waals surface area contributed by atoms with Gasteiger partial charge in [-0.3, -0.25) is 14.9 Å². The number of benzene rings is 2. The van der Waals surface area contributed by atoms with Gasteiger partial charge in [0.05, 0.1) is 4.92 Å². The van der Waals surface area contributed by atoms with Gasteiger partial charge in [-0.2, -0.15) is 0 Å². The van der Waals surface area contributed by atoms with Crippen molar-refractivity contribution in [2.24, 2.45) is 0 Å². The number of nitrogens with one attached hydrogen (secondary N) is 2. The number of amides is 1. The van der Waals surface area contributed by atoms with E-state index in [9.17, 15) is 14.9 Å². The highest BCUT2D eigenvalue weighted by atomic mass is 16.6. The van der Waals surface area contributed by atoms with E-state index >= 15 is 0 Å². The zero-order valence-electron chi connectivity index (χ0n) is 14.8. The Morgan fingerprint density at radius 2 is 1.70 bits per heavy atom. The van der Waals surface area contributed by atoms with E-state index in [4.69, 9.17) is 0 Å². The largest absolute Gasteiger partial charge is 0.340 e. The van der Waals surface area contributed by atoms with Crippen LogP contribution in [-0.2, 0) is 0 Å². The maximum atomic E-state index is 12.3. The van der Waals surface area contributed by atoms with Crippen molar-refractivity contribution in [3.63, 3.8) is 0 Å². The average Bonchev–Trinajstić information content (AvgIpc) is 2.63. The molecule has 1 amide bonds. The molecule has 0 bridgehead atoms. The van der Waals surface area contributed by atoms with Crippen LogP contribution in [0.5, 0.6) is 0 Å². The van der Waals surface area contributed by atoms with Gasteiger partial charge in [-0.05, 0) is 50.2 Å².